The number of rotatable bonds is 7. The molecule has 0 saturated heterocycles. The van der Waals surface area contributed by atoms with E-state index in [0.717, 1.165) is 12.1 Å². The van der Waals surface area contributed by atoms with E-state index in [-0.39, 0.29) is 18.2 Å². The number of ether oxygens (including phenoxy) is 2. The number of methoxy groups -OCH3 is 1. The molecular weight excluding hydrogens is 240 g/mol. The fourth-order valence-corrected chi connectivity index (χ4v) is 1.95. The van der Waals surface area contributed by atoms with Crippen molar-refractivity contribution >= 4 is 5.69 Å². The van der Waals surface area contributed by atoms with Gasteiger partial charge in [0, 0.05) is 24.9 Å². The van der Waals surface area contributed by atoms with E-state index < -0.39 is 0 Å². The van der Waals surface area contributed by atoms with Crippen LogP contribution in [0.2, 0.25) is 0 Å². The zero-order valence-electron chi connectivity index (χ0n) is 12.1. The molecule has 104 valence electrons. The van der Waals surface area contributed by atoms with Crippen molar-refractivity contribution in [3.05, 3.63) is 24.3 Å². The standard InChI is InChI=1S/C15H22N2O2/c1-12(11-15(2,3)18-4)17-13-6-5-7-14(10-13)19-9-8-16/h5-7,10,12,17H,9,11H2,1-4H3. The summed E-state index contributed by atoms with van der Waals surface area (Å²) in [5, 5.41) is 11.9. The molecule has 0 spiro atoms. The van der Waals surface area contributed by atoms with Gasteiger partial charge in [0.05, 0.1) is 5.60 Å². The molecule has 4 nitrogen and oxygen atoms in total. The molecule has 0 bridgehead atoms. The third-order valence-electron chi connectivity index (χ3n) is 2.90. The summed E-state index contributed by atoms with van der Waals surface area (Å²) in [6.45, 7) is 6.31. The summed E-state index contributed by atoms with van der Waals surface area (Å²) in [7, 11) is 1.73. The molecule has 1 unspecified atom stereocenters. The quantitative estimate of drug-likeness (QED) is 0.819. The van der Waals surface area contributed by atoms with Crippen molar-refractivity contribution in [2.24, 2.45) is 0 Å². The smallest absolute Gasteiger partial charge is 0.174 e. The highest BCUT2D eigenvalue weighted by atomic mass is 16.5. The summed E-state index contributed by atoms with van der Waals surface area (Å²) in [4.78, 5) is 0. The third kappa shape index (κ3) is 5.62. The number of hydrogen-bond acceptors (Lipinski definition) is 4. The van der Waals surface area contributed by atoms with Gasteiger partial charge in [0.2, 0.25) is 0 Å². The zero-order valence-corrected chi connectivity index (χ0v) is 12.1. The van der Waals surface area contributed by atoms with E-state index in [1.54, 1.807) is 7.11 Å². The minimum absolute atomic E-state index is 0.0652. The molecule has 1 aromatic carbocycles. The van der Waals surface area contributed by atoms with Crippen molar-refractivity contribution < 1.29 is 9.47 Å². The van der Waals surface area contributed by atoms with E-state index in [1.165, 1.54) is 0 Å². The third-order valence-corrected chi connectivity index (χ3v) is 2.90. The average molecular weight is 262 g/mol. The van der Waals surface area contributed by atoms with Crippen LogP contribution in [0.15, 0.2) is 24.3 Å². The molecule has 0 amide bonds. The first kappa shape index (κ1) is 15.3. The van der Waals surface area contributed by atoms with Crippen molar-refractivity contribution in [2.45, 2.75) is 38.8 Å². The Labute approximate surface area is 115 Å². The highest BCUT2D eigenvalue weighted by Crippen LogP contribution is 2.21. The van der Waals surface area contributed by atoms with Crippen LogP contribution in [0, 0.1) is 11.3 Å². The largest absolute Gasteiger partial charge is 0.479 e. The van der Waals surface area contributed by atoms with Crippen molar-refractivity contribution in [3.63, 3.8) is 0 Å². The number of nitrogens with zero attached hydrogens (tertiary/aromatic N) is 1. The van der Waals surface area contributed by atoms with Crippen LogP contribution in [0.4, 0.5) is 5.69 Å². The SMILES string of the molecule is COC(C)(C)CC(C)Nc1cccc(OCC#N)c1. The van der Waals surface area contributed by atoms with Crippen LogP contribution in [0.5, 0.6) is 5.75 Å². The van der Waals surface area contributed by atoms with E-state index in [4.69, 9.17) is 14.7 Å². The summed E-state index contributed by atoms with van der Waals surface area (Å²) in [5.74, 6) is 0.699. The molecule has 0 aromatic heterocycles. The van der Waals surface area contributed by atoms with Gasteiger partial charge in [-0.3, -0.25) is 0 Å². The topological polar surface area (TPSA) is 54.3 Å². The lowest BCUT2D eigenvalue weighted by Crippen LogP contribution is -2.31. The van der Waals surface area contributed by atoms with E-state index in [9.17, 15) is 0 Å². The van der Waals surface area contributed by atoms with Crippen LogP contribution in [0.1, 0.15) is 27.2 Å². The minimum atomic E-state index is -0.151. The lowest BCUT2D eigenvalue weighted by Gasteiger charge is -2.27. The molecular formula is C15H22N2O2. The Kier molecular flexibility index (Phi) is 5.65. The van der Waals surface area contributed by atoms with Crippen molar-refractivity contribution in [2.75, 3.05) is 19.0 Å². The highest BCUT2D eigenvalue weighted by molar-refractivity contribution is 5.48. The fourth-order valence-electron chi connectivity index (χ4n) is 1.95. The molecule has 1 aromatic rings. The van der Waals surface area contributed by atoms with Crippen molar-refractivity contribution in [3.8, 4) is 11.8 Å². The first-order valence-corrected chi connectivity index (χ1v) is 6.38. The second-order valence-corrected chi connectivity index (χ2v) is 5.19. The van der Waals surface area contributed by atoms with Crippen LogP contribution in [-0.4, -0.2) is 25.4 Å². The van der Waals surface area contributed by atoms with E-state index in [0.29, 0.717) is 5.75 Å². The van der Waals surface area contributed by atoms with Gasteiger partial charge >= 0.3 is 0 Å². The van der Waals surface area contributed by atoms with Gasteiger partial charge < -0.3 is 14.8 Å². The maximum Gasteiger partial charge on any atom is 0.174 e. The molecule has 19 heavy (non-hydrogen) atoms. The van der Waals surface area contributed by atoms with E-state index in [1.807, 2.05) is 30.3 Å². The molecule has 1 N–H and O–H groups in total. The van der Waals surface area contributed by atoms with Gasteiger partial charge in [-0.15, -0.1) is 0 Å². The highest BCUT2D eigenvalue weighted by Gasteiger charge is 2.20. The normalized spacial score (nSPS) is 12.6. The summed E-state index contributed by atoms with van der Waals surface area (Å²) in [6, 6.07) is 9.86. The molecule has 0 saturated carbocycles. The minimum Gasteiger partial charge on any atom is -0.479 e. The Morgan fingerprint density at radius 1 is 1.42 bits per heavy atom. The second-order valence-electron chi connectivity index (χ2n) is 5.19. The van der Waals surface area contributed by atoms with Gasteiger partial charge in [-0.1, -0.05) is 6.07 Å². The summed E-state index contributed by atoms with van der Waals surface area (Å²) >= 11 is 0. The van der Waals surface area contributed by atoms with Gasteiger partial charge in [0.15, 0.2) is 6.61 Å². The maximum absolute atomic E-state index is 8.49. The summed E-state index contributed by atoms with van der Waals surface area (Å²) in [5.41, 5.74) is 0.830. The maximum atomic E-state index is 8.49. The van der Waals surface area contributed by atoms with Crippen LogP contribution in [-0.2, 0) is 4.74 Å². The number of nitrogens with one attached hydrogen (secondary N) is 1. The van der Waals surface area contributed by atoms with Crippen molar-refractivity contribution in [1.29, 1.82) is 5.26 Å². The predicted molar refractivity (Wildman–Crippen MR) is 76.3 cm³/mol. The monoisotopic (exact) mass is 262 g/mol. The molecule has 0 heterocycles. The summed E-state index contributed by atoms with van der Waals surface area (Å²) < 4.78 is 10.7. The van der Waals surface area contributed by atoms with Crippen LogP contribution >= 0.6 is 0 Å². The lowest BCUT2D eigenvalue weighted by molar-refractivity contribution is 0.0128. The molecule has 1 rings (SSSR count). The lowest BCUT2D eigenvalue weighted by atomic mass is 10.00. The number of anilines is 1. The first-order chi connectivity index (χ1) is 8.96. The molecule has 0 radical (unpaired) electrons. The van der Waals surface area contributed by atoms with E-state index in [2.05, 4.69) is 26.1 Å². The molecule has 0 aliphatic heterocycles. The Hall–Kier alpha value is -1.73. The molecule has 0 aliphatic carbocycles. The molecule has 4 heteroatoms. The zero-order chi connectivity index (χ0) is 14.3. The van der Waals surface area contributed by atoms with Gasteiger partial charge in [0.25, 0.3) is 0 Å². The first-order valence-electron chi connectivity index (χ1n) is 6.38. The van der Waals surface area contributed by atoms with Gasteiger partial charge in [-0.2, -0.15) is 5.26 Å². The van der Waals surface area contributed by atoms with Crippen molar-refractivity contribution in [1.82, 2.24) is 0 Å². The number of benzene rings is 1. The molecule has 0 fully saturated rings. The van der Waals surface area contributed by atoms with Crippen LogP contribution in [0.25, 0.3) is 0 Å². The van der Waals surface area contributed by atoms with Gasteiger partial charge in [0.1, 0.15) is 11.8 Å². The molecule has 0 aliphatic rings. The fraction of sp³-hybridized carbons (Fsp3) is 0.533. The average Bonchev–Trinajstić information content (AvgIpc) is 2.36. The predicted octanol–water partition coefficient (Wildman–Crippen LogP) is 3.20. The Balaban J connectivity index is 2.59. The number of hydrogen-bond donors (Lipinski definition) is 1. The van der Waals surface area contributed by atoms with Gasteiger partial charge in [-0.05, 0) is 39.3 Å². The Morgan fingerprint density at radius 2 is 2.16 bits per heavy atom. The molecule has 1 atom stereocenters. The Morgan fingerprint density at radius 3 is 2.79 bits per heavy atom. The van der Waals surface area contributed by atoms with Gasteiger partial charge in [-0.25, -0.2) is 0 Å². The van der Waals surface area contributed by atoms with Crippen LogP contribution in [0.3, 0.4) is 0 Å². The number of nitriles is 1. The van der Waals surface area contributed by atoms with E-state index >= 15 is 0 Å². The summed E-state index contributed by atoms with van der Waals surface area (Å²) in [6.07, 6.45) is 0.896. The van der Waals surface area contributed by atoms with Crippen LogP contribution < -0.4 is 10.1 Å². The second kappa shape index (κ2) is 7.01. The Bertz CT molecular complexity index is 438.